The first kappa shape index (κ1) is 16.6. The van der Waals surface area contributed by atoms with Gasteiger partial charge in [0.15, 0.2) is 5.03 Å². The summed E-state index contributed by atoms with van der Waals surface area (Å²) in [4.78, 5) is 3.92. The lowest BCUT2D eigenvalue weighted by Gasteiger charge is -2.20. The maximum atomic E-state index is 12.5. The smallest absolute Gasteiger partial charge is 0.262 e. The molecule has 0 fully saturated rings. The summed E-state index contributed by atoms with van der Waals surface area (Å²) in [5.41, 5.74) is 5.29. The number of sulfonamides is 1. The zero-order valence-electron chi connectivity index (χ0n) is 11.7. The largest absolute Gasteiger partial charge is 0.388 e. The first-order valence-corrected chi connectivity index (χ1v) is 7.69. The molecule has 0 amide bonds. The van der Waals surface area contributed by atoms with Crippen LogP contribution in [0.1, 0.15) is 13.3 Å². The molecule has 9 heteroatoms. The summed E-state index contributed by atoms with van der Waals surface area (Å²) in [5, 5.41) is 7.21. The van der Waals surface area contributed by atoms with Gasteiger partial charge in [0.05, 0.1) is 18.8 Å². The summed E-state index contributed by atoms with van der Waals surface area (Å²) in [6.45, 7) is 3.15. The highest BCUT2D eigenvalue weighted by atomic mass is 32.2. The van der Waals surface area contributed by atoms with Crippen LogP contribution >= 0.6 is 0 Å². The fourth-order valence-electron chi connectivity index (χ4n) is 1.57. The molecule has 0 radical (unpaired) electrons. The average Bonchev–Trinajstić information content (AvgIpc) is 2.87. The molecule has 1 heterocycles. The topological polar surface area (TPSA) is 114 Å². The maximum Gasteiger partial charge on any atom is 0.262 e. The molecule has 0 bridgehead atoms. The van der Waals surface area contributed by atoms with Crippen molar-refractivity contribution in [3.63, 3.8) is 0 Å². The van der Waals surface area contributed by atoms with E-state index in [2.05, 4.69) is 4.98 Å². The van der Waals surface area contributed by atoms with Crippen LogP contribution in [0.15, 0.2) is 17.6 Å². The second-order valence-electron chi connectivity index (χ2n) is 4.21. The van der Waals surface area contributed by atoms with Gasteiger partial charge in [0.1, 0.15) is 0 Å². The monoisotopic (exact) mass is 303 g/mol. The average molecular weight is 303 g/mol. The Bertz CT molecular complexity index is 540. The Labute approximate surface area is 119 Å². The minimum Gasteiger partial charge on any atom is -0.388 e. The van der Waals surface area contributed by atoms with E-state index in [1.807, 2.05) is 6.92 Å². The van der Waals surface area contributed by atoms with E-state index in [1.165, 1.54) is 23.9 Å². The van der Waals surface area contributed by atoms with Gasteiger partial charge in [-0.15, -0.1) is 0 Å². The van der Waals surface area contributed by atoms with Crippen molar-refractivity contribution in [1.29, 1.82) is 5.41 Å². The predicted molar refractivity (Wildman–Crippen MR) is 75.1 cm³/mol. The standard InChI is InChI=1S/C11H21N5O3S/c1-3-15-8-11(14-9-15)20(17,18)16(6-7-19-2)5-4-10(12)13/h8-9H,3-7H2,1-2H3,(H3,12,13). The number of hydrogen-bond donors (Lipinski definition) is 2. The van der Waals surface area contributed by atoms with Crippen molar-refractivity contribution in [2.75, 3.05) is 26.8 Å². The van der Waals surface area contributed by atoms with Gasteiger partial charge >= 0.3 is 0 Å². The van der Waals surface area contributed by atoms with Gasteiger partial charge in [0.25, 0.3) is 10.0 Å². The van der Waals surface area contributed by atoms with Gasteiger partial charge in [0, 0.05) is 39.4 Å². The fourth-order valence-corrected chi connectivity index (χ4v) is 2.93. The number of rotatable bonds is 9. The number of methoxy groups -OCH3 is 1. The molecule has 1 aromatic rings. The van der Waals surface area contributed by atoms with Crippen LogP contribution in [0.5, 0.6) is 0 Å². The Kier molecular flexibility index (Phi) is 6.11. The molecule has 1 rings (SSSR count). The highest BCUT2D eigenvalue weighted by Gasteiger charge is 2.26. The first-order chi connectivity index (χ1) is 9.41. The number of ether oxygens (including phenoxy) is 1. The molecule has 3 N–H and O–H groups in total. The van der Waals surface area contributed by atoms with Crippen molar-refractivity contribution in [3.8, 4) is 0 Å². The molecule has 0 aliphatic heterocycles. The predicted octanol–water partition coefficient (Wildman–Crippen LogP) is -0.134. The number of amidine groups is 1. The van der Waals surface area contributed by atoms with E-state index in [1.54, 1.807) is 4.57 Å². The van der Waals surface area contributed by atoms with E-state index in [4.69, 9.17) is 15.9 Å². The fraction of sp³-hybridized carbons (Fsp3) is 0.636. The van der Waals surface area contributed by atoms with Gasteiger partial charge in [-0.3, -0.25) is 5.41 Å². The van der Waals surface area contributed by atoms with Crippen LogP contribution < -0.4 is 5.73 Å². The van der Waals surface area contributed by atoms with E-state index in [0.29, 0.717) is 6.54 Å². The molecule has 8 nitrogen and oxygen atoms in total. The van der Waals surface area contributed by atoms with Gasteiger partial charge in [0.2, 0.25) is 0 Å². The summed E-state index contributed by atoms with van der Waals surface area (Å²) in [6.07, 6.45) is 3.15. The molecule has 0 spiro atoms. The van der Waals surface area contributed by atoms with Crippen LogP contribution in [0, 0.1) is 5.41 Å². The van der Waals surface area contributed by atoms with Crippen molar-refractivity contribution in [1.82, 2.24) is 13.9 Å². The van der Waals surface area contributed by atoms with Gasteiger partial charge in [-0.25, -0.2) is 13.4 Å². The van der Waals surface area contributed by atoms with Crippen LogP contribution in [0.3, 0.4) is 0 Å². The number of imidazole rings is 1. The van der Waals surface area contributed by atoms with Crippen LogP contribution in [0.4, 0.5) is 0 Å². The number of aryl methyl sites for hydroxylation is 1. The Hall–Kier alpha value is -1.45. The molecule has 114 valence electrons. The third-order valence-corrected chi connectivity index (χ3v) is 4.54. The molecular weight excluding hydrogens is 282 g/mol. The molecule has 0 unspecified atom stereocenters. The minimum atomic E-state index is -3.69. The number of hydrogen-bond acceptors (Lipinski definition) is 5. The van der Waals surface area contributed by atoms with Crippen LogP contribution in [0.25, 0.3) is 0 Å². The number of nitrogens with two attached hydrogens (primary N) is 1. The molecule has 0 aliphatic carbocycles. The lowest BCUT2D eigenvalue weighted by atomic mass is 10.4. The number of aromatic nitrogens is 2. The van der Waals surface area contributed by atoms with Crippen LogP contribution in [-0.2, 0) is 21.3 Å². The number of nitrogens with one attached hydrogen (secondary N) is 1. The van der Waals surface area contributed by atoms with Crippen molar-refractivity contribution in [2.45, 2.75) is 24.9 Å². The zero-order chi connectivity index (χ0) is 15.2. The summed E-state index contributed by atoms with van der Waals surface area (Å²) in [7, 11) is -2.19. The van der Waals surface area contributed by atoms with Crippen LogP contribution in [0.2, 0.25) is 0 Å². The Morgan fingerprint density at radius 1 is 1.55 bits per heavy atom. The van der Waals surface area contributed by atoms with E-state index in [-0.39, 0.29) is 37.0 Å². The van der Waals surface area contributed by atoms with E-state index < -0.39 is 10.0 Å². The Morgan fingerprint density at radius 3 is 2.75 bits per heavy atom. The van der Waals surface area contributed by atoms with Gasteiger partial charge < -0.3 is 15.0 Å². The van der Waals surface area contributed by atoms with Gasteiger partial charge in [-0.2, -0.15) is 4.31 Å². The van der Waals surface area contributed by atoms with Crippen molar-refractivity contribution in [2.24, 2.45) is 5.73 Å². The quantitative estimate of drug-likeness (QED) is 0.487. The maximum absolute atomic E-state index is 12.5. The molecule has 0 saturated carbocycles. The highest BCUT2D eigenvalue weighted by molar-refractivity contribution is 7.89. The minimum absolute atomic E-state index is 0.000921. The molecule has 0 aliphatic rings. The molecule has 1 aromatic heterocycles. The van der Waals surface area contributed by atoms with Crippen molar-refractivity contribution >= 4 is 15.9 Å². The lowest BCUT2D eigenvalue weighted by Crippen LogP contribution is -2.36. The summed E-state index contributed by atoms with van der Waals surface area (Å²) in [6, 6.07) is 0. The third-order valence-electron chi connectivity index (χ3n) is 2.75. The summed E-state index contributed by atoms with van der Waals surface area (Å²) >= 11 is 0. The Morgan fingerprint density at radius 2 is 2.25 bits per heavy atom. The van der Waals surface area contributed by atoms with Gasteiger partial charge in [-0.05, 0) is 6.92 Å². The van der Waals surface area contributed by atoms with E-state index in [9.17, 15) is 8.42 Å². The van der Waals surface area contributed by atoms with E-state index in [0.717, 1.165) is 0 Å². The summed E-state index contributed by atoms with van der Waals surface area (Å²) in [5.74, 6) is -0.0540. The van der Waals surface area contributed by atoms with Crippen LogP contribution in [-0.4, -0.2) is 54.9 Å². The lowest BCUT2D eigenvalue weighted by molar-refractivity contribution is 0.179. The van der Waals surface area contributed by atoms with Crippen molar-refractivity contribution in [3.05, 3.63) is 12.5 Å². The second-order valence-corrected chi connectivity index (χ2v) is 6.10. The van der Waals surface area contributed by atoms with Gasteiger partial charge in [-0.1, -0.05) is 0 Å². The SMILES string of the molecule is CCn1cnc(S(=O)(=O)N(CCOC)CCC(=N)N)c1. The zero-order valence-corrected chi connectivity index (χ0v) is 12.6. The molecular formula is C11H21N5O3S. The van der Waals surface area contributed by atoms with E-state index >= 15 is 0 Å². The molecule has 0 aromatic carbocycles. The molecule has 0 atom stereocenters. The molecule has 0 saturated heterocycles. The second kappa shape index (κ2) is 7.36. The normalized spacial score (nSPS) is 11.9. The number of nitrogens with zero attached hydrogens (tertiary/aromatic N) is 3. The third kappa shape index (κ3) is 4.29. The first-order valence-electron chi connectivity index (χ1n) is 6.25. The summed E-state index contributed by atoms with van der Waals surface area (Å²) < 4.78 is 32.8. The highest BCUT2D eigenvalue weighted by Crippen LogP contribution is 2.13. The molecule has 20 heavy (non-hydrogen) atoms. The van der Waals surface area contributed by atoms with Crippen molar-refractivity contribution < 1.29 is 13.2 Å². The Balaban J connectivity index is 2.93.